The first-order chi connectivity index (χ1) is 11.9. The number of aromatic nitrogens is 1. The summed E-state index contributed by atoms with van der Waals surface area (Å²) in [7, 11) is 0. The van der Waals surface area contributed by atoms with Crippen LogP contribution in [0.4, 0.5) is 0 Å². The lowest BCUT2D eigenvalue weighted by Crippen LogP contribution is -2.39. The number of ether oxygens (including phenoxy) is 2. The van der Waals surface area contributed by atoms with Crippen LogP contribution < -0.4 is 10.6 Å². The molecule has 1 aromatic heterocycles. The number of hydrogen-bond acceptors (Lipinski definition) is 4. The fraction of sp³-hybridized carbons (Fsp3) is 0.667. The van der Waals surface area contributed by atoms with Gasteiger partial charge in [0.2, 0.25) is 0 Å². The van der Waals surface area contributed by atoms with E-state index in [1.54, 1.807) is 0 Å². The maximum atomic E-state index is 5.35. The van der Waals surface area contributed by atoms with E-state index in [4.69, 9.17) is 9.47 Å². The first-order valence-electron chi connectivity index (χ1n) is 8.94. The molecule has 1 heterocycles. The van der Waals surface area contributed by atoms with E-state index in [-0.39, 0.29) is 24.0 Å². The summed E-state index contributed by atoms with van der Waals surface area (Å²) in [6.07, 6.45) is 4.59. The van der Waals surface area contributed by atoms with Crippen LogP contribution in [0.5, 0.6) is 0 Å². The summed E-state index contributed by atoms with van der Waals surface area (Å²) >= 11 is 0. The Morgan fingerprint density at radius 2 is 1.76 bits per heavy atom. The highest BCUT2D eigenvalue weighted by molar-refractivity contribution is 14.0. The van der Waals surface area contributed by atoms with Crippen molar-refractivity contribution in [1.29, 1.82) is 0 Å². The van der Waals surface area contributed by atoms with E-state index in [0.717, 1.165) is 77.0 Å². The Bertz CT molecular complexity index is 432. The van der Waals surface area contributed by atoms with Gasteiger partial charge in [-0.15, -0.1) is 24.0 Å². The Morgan fingerprint density at radius 3 is 2.44 bits per heavy atom. The van der Waals surface area contributed by atoms with Gasteiger partial charge in [0, 0.05) is 64.4 Å². The lowest BCUT2D eigenvalue weighted by atomic mass is 10.3. The third-order valence-corrected chi connectivity index (χ3v) is 3.28. The van der Waals surface area contributed by atoms with Crippen molar-refractivity contribution >= 4 is 29.9 Å². The number of halogens is 1. The molecule has 1 aromatic rings. The summed E-state index contributed by atoms with van der Waals surface area (Å²) in [5, 5.41) is 6.72. The molecule has 0 radical (unpaired) electrons. The molecule has 0 saturated heterocycles. The molecule has 0 aliphatic heterocycles. The first-order valence-corrected chi connectivity index (χ1v) is 8.94. The molecule has 0 aliphatic rings. The molecule has 0 aliphatic carbocycles. The number of hydrogen-bond donors (Lipinski definition) is 2. The zero-order valence-corrected chi connectivity index (χ0v) is 17.8. The van der Waals surface area contributed by atoms with Crippen LogP contribution in [0, 0.1) is 0 Å². The average molecular weight is 464 g/mol. The van der Waals surface area contributed by atoms with Gasteiger partial charge in [-0.2, -0.15) is 0 Å². The second-order valence-electron chi connectivity index (χ2n) is 5.26. The van der Waals surface area contributed by atoms with E-state index in [1.807, 2.05) is 38.2 Å². The molecule has 6 nitrogen and oxygen atoms in total. The van der Waals surface area contributed by atoms with Gasteiger partial charge in [0.15, 0.2) is 5.96 Å². The van der Waals surface area contributed by atoms with E-state index in [9.17, 15) is 0 Å². The number of aliphatic imine (C=N–C) groups is 1. The highest BCUT2D eigenvalue weighted by atomic mass is 127. The fourth-order valence-corrected chi connectivity index (χ4v) is 2.06. The highest BCUT2D eigenvalue weighted by Crippen LogP contribution is 1.93. The Kier molecular flexibility index (Phi) is 17.2. The molecule has 0 atom stereocenters. The van der Waals surface area contributed by atoms with Crippen molar-refractivity contribution in [1.82, 2.24) is 15.6 Å². The standard InChI is InChI=1S/C18H32N4O2.HI/c1-3-23-15-7-12-20-18(21-13-8-16-24-4-2)22-14-10-17-9-5-6-11-19-17;/h5-6,9,11H,3-4,7-8,10,12-16H2,1-2H3,(H2,20,21,22);1H. The molecule has 0 saturated carbocycles. The van der Waals surface area contributed by atoms with Gasteiger partial charge in [-0.3, -0.25) is 9.98 Å². The van der Waals surface area contributed by atoms with Gasteiger partial charge in [-0.05, 0) is 38.8 Å². The summed E-state index contributed by atoms with van der Waals surface area (Å²) in [6, 6.07) is 5.98. The number of nitrogens with one attached hydrogen (secondary N) is 2. The summed E-state index contributed by atoms with van der Waals surface area (Å²) in [5.74, 6) is 0.846. The van der Waals surface area contributed by atoms with E-state index in [2.05, 4.69) is 20.6 Å². The molecule has 2 N–H and O–H groups in total. The molecule has 7 heteroatoms. The Morgan fingerprint density at radius 1 is 1.04 bits per heavy atom. The van der Waals surface area contributed by atoms with Crippen molar-refractivity contribution in [2.24, 2.45) is 4.99 Å². The zero-order valence-electron chi connectivity index (χ0n) is 15.5. The van der Waals surface area contributed by atoms with Crippen LogP contribution in [-0.2, 0) is 15.9 Å². The van der Waals surface area contributed by atoms with Crippen LogP contribution >= 0.6 is 24.0 Å². The van der Waals surface area contributed by atoms with Crippen LogP contribution in [0.3, 0.4) is 0 Å². The lowest BCUT2D eigenvalue weighted by molar-refractivity contribution is 0.145. The molecule has 0 unspecified atom stereocenters. The second-order valence-corrected chi connectivity index (χ2v) is 5.26. The van der Waals surface area contributed by atoms with Gasteiger partial charge in [0.05, 0.1) is 0 Å². The summed E-state index contributed by atoms with van der Waals surface area (Å²) in [6.45, 7) is 9.48. The normalized spacial score (nSPS) is 11.0. The van der Waals surface area contributed by atoms with Crippen LogP contribution in [0.2, 0.25) is 0 Å². The van der Waals surface area contributed by atoms with Gasteiger partial charge >= 0.3 is 0 Å². The Hall–Kier alpha value is -0.930. The van der Waals surface area contributed by atoms with Gasteiger partial charge in [-0.25, -0.2) is 0 Å². The van der Waals surface area contributed by atoms with Crippen molar-refractivity contribution in [3.8, 4) is 0 Å². The third-order valence-electron chi connectivity index (χ3n) is 3.28. The quantitative estimate of drug-likeness (QED) is 0.203. The minimum atomic E-state index is 0. The summed E-state index contributed by atoms with van der Waals surface area (Å²) in [4.78, 5) is 8.93. The minimum absolute atomic E-state index is 0. The third kappa shape index (κ3) is 14.0. The largest absolute Gasteiger partial charge is 0.382 e. The van der Waals surface area contributed by atoms with Gasteiger partial charge in [-0.1, -0.05) is 6.07 Å². The molecule has 0 amide bonds. The molecular formula is C18H33IN4O2. The molecule has 1 rings (SSSR count). The smallest absolute Gasteiger partial charge is 0.191 e. The lowest BCUT2D eigenvalue weighted by Gasteiger charge is -2.12. The van der Waals surface area contributed by atoms with Crippen molar-refractivity contribution < 1.29 is 9.47 Å². The molecule has 25 heavy (non-hydrogen) atoms. The molecule has 0 aromatic carbocycles. The van der Waals surface area contributed by atoms with Crippen LogP contribution in [0.25, 0.3) is 0 Å². The van der Waals surface area contributed by atoms with Gasteiger partial charge < -0.3 is 20.1 Å². The van der Waals surface area contributed by atoms with Crippen molar-refractivity contribution in [2.75, 3.05) is 46.1 Å². The van der Waals surface area contributed by atoms with E-state index in [0.29, 0.717) is 0 Å². The first kappa shape index (κ1) is 24.1. The van der Waals surface area contributed by atoms with Crippen LogP contribution in [0.1, 0.15) is 32.4 Å². The van der Waals surface area contributed by atoms with E-state index < -0.39 is 0 Å². The van der Waals surface area contributed by atoms with Gasteiger partial charge in [0.25, 0.3) is 0 Å². The maximum absolute atomic E-state index is 5.35. The monoisotopic (exact) mass is 464 g/mol. The van der Waals surface area contributed by atoms with Crippen LogP contribution in [0.15, 0.2) is 29.4 Å². The minimum Gasteiger partial charge on any atom is -0.382 e. The number of nitrogens with zero attached hydrogens (tertiary/aromatic N) is 2. The number of pyridine rings is 1. The molecule has 0 spiro atoms. The SMILES string of the molecule is CCOCCCN=C(NCCCOCC)NCCc1ccccn1.I. The Labute approximate surface area is 169 Å². The topological polar surface area (TPSA) is 67.8 Å². The molecule has 0 bridgehead atoms. The molecule has 0 fully saturated rings. The van der Waals surface area contributed by atoms with Crippen molar-refractivity contribution in [3.63, 3.8) is 0 Å². The number of rotatable bonds is 13. The summed E-state index contributed by atoms with van der Waals surface area (Å²) < 4.78 is 10.7. The average Bonchev–Trinajstić information content (AvgIpc) is 2.61. The van der Waals surface area contributed by atoms with Crippen LogP contribution in [-0.4, -0.2) is 57.0 Å². The fourth-order valence-electron chi connectivity index (χ4n) is 2.06. The zero-order chi connectivity index (χ0) is 17.3. The van der Waals surface area contributed by atoms with Crippen molar-refractivity contribution in [3.05, 3.63) is 30.1 Å². The summed E-state index contributed by atoms with van der Waals surface area (Å²) in [5.41, 5.74) is 1.08. The maximum Gasteiger partial charge on any atom is 0.191 e. The predicted molar refractivity (Wildman–Crippen MR) is 114 cm³/mol. The highest BCUT2D eigenvalue weighted by Gasteiger charge is 1.99. The predicted octanol–water partition coefficient (Wildman–Crippen LogP) is 2.63. The van der Waals surface area contributed by atoms with E-state index >= 15 is 0 Å². The number of guanidine groups is 1. The Balaban J connectivity index is 0.00000576. The molecular weight excluding hydrogens is 431 g/mol. The van der Waals surface area contributed by atoms with Gasteiger partial charge in [0.1, 0.15) is 0 Å². The second kappa shape index (κ2) is 17.9. The van der Waals surface area contributed by atoms with Crippen molar-refractivity contribution in [2.45, 2.75) is 33.1 Å². The molecule has 144 valence electrons. The van der Waals surface area contributed by atoms with E-state index in [1.165, 1.54) is 0 Å².